The zero-order valence-electron chi connectivity index (χ0n) is 18.6. The predicted octanol–water partition coefficient (Wildman–Crippen LogP) is 3.86. The van der Waals surface area contributed by atoms with Gasteiger partial charge in [0.25, 0.3) is 10.0 Å². The molecule has 1 spiro atoms. The Morgan fingerprint density at radius 2 is 2.03 bits per heavy atom. The number of hydrogen-bond acceptors (Lipinski definition) is 6. The number of hydrogen-bond donors (Lipinski definition) is 1. The third-order valence-corrected chi connectivity index (χ3v) is 9.14. The number of nitrogens with one attached hydrogen (secondary N) is 1. The number of ether oxygens (including phenoxy) is 1. The molecule has 2 atom stereocenters. The fourth-order valence-corrected chi connectivity index (χ4v) is 6.96. The summed E-state index contributed by atoms with van der Waals surface area (Å²) in [5, 5.41) is 4.13. The first-order chi connectivity index (χ1) is 16.4. The van der Waals surface area contributed by atoms with Crippen LogP contribution < -0.4 is 14.4 Å². The molecule has 3 fully saturated rings. The Hall–Kier alpha value is -3.33. The number of sulfonamides is 1. The van der Waals surface area contributed by atoms with Gasteiger partial charge in [-0.15, -0.1) is 0 Å². The molecule has 0 bridgehead atoms. The van der Waals surface area contributed by atoms with Gasteiger partial charge < -0.3 is 14.2 Å². The minimum Gasteiger partial charge on any atom is -0.495 e. The van der Waals surface area contributed by atoms with E-state index in [0.29, 0.717) is 30.6 Å². The van der Waals surface area contributed by atoms with E-state index in [1.165, 1.54) is 18.7 Å². The highest BCUT2D eigenvalue weighted by Crippen LogP contribution is 2.59. The Bertz CT molecular complexity index is 1470. The van der Waals surface area contributed by atoms with Crippen LogP contribution in [0.4, 0.5) is 11.5 Å². The summed E-state index contributed by atoms with van der Waals surface area (Å²) in [4.78, 5) is 14.5. The van der Waals surface area contributed by atoms with Crippen molar-refractivity contribution in [2.75, 3.05) is 16.7 Å². The molecule has 1 saturated heterocycles. The zero-order valence-corrected chi connectivity index (χ0v) is 19.4. The first-order valence-corrected chi connectivity index (χ1v) is 13.0. The molecule has 174 valence electrons. The maximum absolute atomic E-state index is 13.2. The number of rotatable bonds is 5. The van der Waals surface area contributed by atoms with Gasteiger partial charge in [-0.05, 0) is 61.4 Å². The Balaban J connectivity index is 1.30. The summed E-state index contributed by atoms with van der Waals surface area (Å²) in [6, 6.07) is 13.0. The zero-order chi connectivity index (χ0) is 23.2. The number of methoxy groups -OCH3 is 1. The lowest BCUT2D eigenvalue weighted by atomic mass is 9.79. The highest BCUT2D eigenvalue weighted by molar-refractivity contribution is 7.92. The lowest BCUT2D eigenvalue weighted by Crippen LogP contribution is -2.28. The first-order valence-electron chi connectivity index (χ1n) is 11.5. The van der Waals surface area contributed by atoms with Crippen LogP contribution in [-0.2, 0) is 26.7 Å². The summed E-state index contributed by atoms with van der Waals surface area (Å²) in [7, 11) is -2.50. The van der Waals surface area contributed by atoms with Crippen LogP contribution in [0, 0.1) is 5.92 Å². The van der Waals surface area contributed by atoms with Crippen LogP contribution in [0.15, 0.2) is 51.9 Å². The number of carbonyl (C=O) groups is 1. The number of piperidine rings is 1. The van der Waals surface area contributed by atoms with Crippen LogP contribution in [0.3, 0.4) is 0 Å². The Labute approximate surface area is 196 Å². The van der Waals surface area contributed by atoms with Gasteiger partial charge >= 0.3 is 0 Å². The van der Waals surface area contributed by atoms with Crippen molar-refractivity contribution in [2.45, 2.75) is 48.5 Å². The summed E-state index contributed by atoms with van der Waals surface area (Å²) >= 11 is 0. The molecule has 0 radical (unpaired) electrons. The van der Waals surface area contributed by atoms with Crippen molar-refractivity contribution in [1.29, 1.82) is 0 Å². The molecule has 9 heteroatoms. The van der Waals surface area contributed by atoms with Crippen LogP contribution in [0.1, 0.15) is 36.8 Å². The van der Waals surface area contributed by atoms with Crippen molar-refractivity contribution in [1.82, 2.24) is 5.16 Å². The van der Waals surface area contributed by atoms with E-state index in [-0.39, 0.29) is 27.8 Å². The largest absolute Gasteiger partial charge is 0.495 e. The fraction of sp³-hybridized carbons (Fsp3) is 0.360. The molecule has 7 rings (SSSR count). The van der Waals surface area contributed by atoms with Crippen LogP contribution in [0.5, 0.6) is 5.75 Å². The molecule has 4 aliphatic rings. The quantitative estimate of drug-likeness (QED) is 0.599. The summed E-state index contributed by atoms with van der Waals surface area (Å²) in [5.41, 5.74) is 3.71. The fourth-order valence-electron chi connectivity index (χ4n) is 5.76. The Kier molecular flexibility index (Phi) is 3.91. The molecular formula is C25H23N3O5S. The molecule has 1 aliphatic heterocycles. The van der Waals surface area contributed by atoms with Crippen LogP contribution in [0.2, 0.25) is 0 Å². The van der Waals surface area contributed by atoms with E-state index in [0.717, 1.165) is 36.1 Å². The molecule has 0 unspecified atom stereocenters. The molecule has 34 heavy (non-hydrogen) atoms. The summed E-state index contributed by atoms with van der Waals surface area (Å²) < 4.78 is 40.0. The maximum Gasteiger partial charge on any atom is 0.266 e. The molecule has 3 aliphatic carbocycles. The lowest BCUT2D eigenvalue weighted by molar-refractivity contribution is -0.117. The van der Waals surface area contributed by atoms with Gasteiger partial charge in [-0.2, -0.15) is 0 Å². The van der Waals surface area contributed by atoms with Crippen molar-refractivity contribution in [2.24, 2.45) is 5.92 Å². The second-order valence-corrected chi connectivity index (χ2v) is 11.5. The standard InChI is InChI=1S/C25H23N3O5S/c1-32-20-4-2-3-5-21(20)34(30,31)27-24-17-13-25(8-9-25)18-7-6-15(12-16(18)23(17)33-26-24)28-19-10-14(19)11-22(28)29/h2-7,12,14,19H,8-11,13H2,1H3,(H,26,27)/t14-,19-/m1/s1. The van der Waals surface area contributed by atoms with Crippen LogP contribution in [-0.4, -0.2) is 32.6 Å². The van der Waals surface area contributed by atoms with E-state index >= 15 is 0 Å². The number of anilines is 2. The van der Waals surface area contributed by atoms with Gasteiger partial charge in [-0.25, -0.2) is 8.42 Å². The second kappa shape index (κ2) is 6.63. The second-order valence-electron chi connectivity index (χ2n) is 9.81. The highest BCUT2D eigenvalue weighted by atomic mass is 32.2. The van der Waals surface area contributed by atoms with Crippen molar-refractivity contribution in [3.05, 3.63) is 53.6 Å². The van der Waals surface area contributed by atoms with Gasteiger partial charge in [0.1, 0.15) is 10.6 Å². The van der Waals surface area contributed by atoms with Crippen LogP contribution in [0.25, 0.3) is 11.3 Å². The molecule has 1 amide bonds. The molecule has 2 heterocycles. The van der Waals surface area contributed by atoms with E-state index in [9.17, 15) is 13.2 Å². The monoisotopic (exact) mass is 477 g/mol. The van der Waals surface area contributed by atoms with Gasteiger partial charge in [-0.3, -0.25) is 9.52 Å². The summed E-state index contributed by atoms with van der Waals surface area (Å²) in [6.07, 6.45) is 4.39. The minimum atomic E-state index is -3.93. The number of aromatic nitrogens is 1. The third kappa shape index (κ3) is 2.79. The topological polar surface area (TPSA) is 102 Å². The molecule has 1 aromatic heterocycles. The first kappa shape index (κ1) is 20.1. The van der Waals surface area contributed by atoms with Gasteiger partial charge in [0.05, 0.1) is 7.11 Å². The van der Waals surface area contributed by atoms with Gasteiger partial charge in [0.2, 0.25) is 5.91 Å². The van der Waals surface area contributed by atoms with E-state index in [4.69, 9.17) is 9.26 Å². The van der Waals surface area contributed by atoms with Gasteiger partial charge in [0.15, 0.2) is 11.6 Å². The molecular weight excluding hydrogens is 454 g/mol. The Morgan fingerprint density at radius 1 is 1.21 bits per heavy atom. The third-order valence-electron chi connectivity index (χ3n) is 7.77. The maximum atomic E-state index is 13.2. The SMILES string of the molecule is COc1ccccc1S(=O)(=O)Nc1noc2c1CC1(CC1)c1ccc(N3C(=O)C[C@H]4C[C@H]43)cc1-2. The Morgan fingerprint density at radius 3 is 2.76 bits per heavy atom. The van der Waals surface area contributed by atoms with Gasteiger partial charge in [-0.1, -0.05) is 23.4 Å². The van der Waals surface area contributed by atoms with Crippen LogP contribution >= 0.6 is 0 Å². The molecule has 3 aromatic rings. The van der Waals surface area contributed by atoms with Crippen molar-refractivity contribution < 1.29 is 22.5 Å². The number of nitrogens with zero attached hydrogens (tertiary/aromatic N) is 2. The molecule has 8 nitrogen and oxygen atoms in total. The highest BCUT2D eigenvalue weighted by Gasteiger charge is 2.53. The lowest BCUT2D eigenvalue weighted by Gasteiger charge is -2.27. The average molecular weight is 478 g/mol. The van der Waals surface area contributed by atoms with Crippen molar-refractivity contribution in [3.8, 4) is 17.1 Å². The molecule has 2 aromatic carbocycles. The average Bonchev–Trinajstić information content (AvgIpc) is 3.71. The number of carbonyl (C=O) groups excluding carboxylic acids is 1. The van der Waals surface area contributed by atoms with E-state index in [2.05, 4.69) is 15.9 Å². The summed E-state index contributed by atoms with van der Waals surface area (Å²) in [6.45, 7) is 0. The number of amides is 1. The van der Waals surface area contributed by atoms with E-state index in [1.54, 1.807) is 18.2 Å². The summed E-state index contributed by atoms with van der Waals surface area (Å²) in [5.74, 6) is 1.69. The smallest absolute Gasteiger partial charge is 0.266 e. The number of para-hydroxylation sites is 1. The molecule has 1 N–H and O–H groups in total. The van der Waals surface area contributed by atoms with E-state index in [1.807, 2.05) is 17.0 Å². The van der Waals surface area contributed by atoms with E-state index < -0.39 is 10.0 Å². The molecule has 2 saturated carbocycles. The van der Waals surface area contributed by atoms with Crippen molar-refractivity contribution in [3.63, 3.8) is 0 Å². The predicted molar refractivity (Wildman–Crippen MR) is 124 cm³/mol. The normalized spacial score (nSPS) is 23.3. The number of benzene rings is 2. The minimum absolute atomic E-state index is 0.0336. The van der Waals surface area contributed by atoms with Gasteiger partial charge in [0, 0.05) is 34.7 Å². The van der Waals surface area contributed by atoms with Crippen molar-refractivity contribution >= 4 is 27.4 Å². The number of fused-ring (bicyclic) bond motifs is 5.